The summed E-state index contributed by atoms with van der Waals surface area (Å²) < 4.78 is 11.0. The number of anilines is 2. The molecule has 3 rings (SSSR count). The van der Waals surface area contributed by atoms with Crippen LogP contribution in [-0.4, -0.2) is 29.6 Å². The van der Waals surface area contributed by atoms with Crippen LogP contribution in [0.2, 0.25) is 0 Å². The minimum atomic E-state index is 0.592. The van der Waals surface area contributed by atoms with Crippen LogP contribution in [0.1, 0.15) is 6.42 Å². The molecule has 5 nitrogen and oxygen atoms in total. The van der Waals surface area contributed by atoms with Crippen LogP contribution < -0.4 is 15.4 Å². The molecule has 0 radical (unpaired) electrons. The smallest absolute Gasteiger partial charge is 0.214 e. The van der Waals surface area contributed by atoms with Gasteiger partial charge in [-0.15, -0.1) is 0 Å². The van der Waals surface area contributed by atoms with Crippen LogP contribution in [-0.2, 0) is 0 Å². The van der Waals surface area contributed by atoms with Crippen LogP contribution >= 0.6 is 11.5 Å². The molecule has 0 saturated carbocycles. The Kier molecular flexibility index (Phi) is 4.50. The van der Waals surface area contributed by atoms with Crippen molar-refractivity contribution < 1.29 is 4.74 Å². The van der Waals surface area contributed by atoms with Crippen molar-refractivity contribution in [2.45, 2.75) is 6.42 Å². The first-order valence-electron chi connectivity index (χ1n) is 7.16. The van der Waals surface area contributed by atoms with Gasteiger partial charge in [0.2, 0.25) is 5.88 Å². The normalized spacial score (nSPS) is 10.8. The largest absolute Gasteiger partial charge is 0.481 e. The molecule has 1 aromatic carbocycles. The molecule has 3 aromatic rings. The maximum absolute atomic E-state index is 5.69. The number of nitrogens with zero attached hydrogens (tertiary/aromatic N) is 3. The molecule has 0 unspecified atom stereocenters. The van der Waals surface area contributed by atoms with Gasteiger partial charge in [-0.05, 0) is 42.7 Å². The molecule has 0 bridgehead atoms. The molecule has 2 heterocycles. The van der Waals surface area contributed by atoms with Gasteiger partial charge in [-0.2, -0.15) is 9.36 Å². The summed E-state index contributed by atoms with van der Waals surface area (Å²) in [6.45, 7) is 1.40. The van der Waals surface area contributed by atoms with Gasteiger partial charge in [-0.1, -0.05) is 18.2 Å². The molecule has 2 N–H and O–H groups in total. The van der Waals surface area contributed by atoms with Crippen LogP contribution in [0, 0.1) is 0 Å². The molecule has 0 aliphatic heterocycles. The molecule has 0 amide bonds. The summed E-state index contributed by atoms with van der Waals surface area (Å²) >= 11 is 1.50. The van der Waals surface area contributed by atoms with E-state index in [0.29, 0.717) is 12.4 Å². The number of pyridine rings is 1. The Morgan fingerprint density at radius 3 is 2.86 bits per heavy atom. The maximum atomic E-state index is 5.69. The second-order valence-electron chi connectivity index (χ2n) is 4.83. The second kappa shape index (κ2) is 6.72. The van der Waals surface area contributed by atoms with Gasteiger partial charge in [0.15, 0.2) is 5.82 Å². The zero-order valence-corrected chi connectivity index (χ0v) is 13.2. The van der Waals surface area contributed by atoms with E-state index in [2.05, 4.69) is 26.4 Å². The summed E-state index contributed by atoms with van der Waals surface area (Å²) in [5.41, 5.74) is 5.69. The predicted molar refractivity (Wildman–Crippen MR) is 91.1 cm³/mol. The third-order valence-electron chi connectivity index (χ3n) is 3.39. The van der Waals surface area contributed by atoms with Crippen LogP contribution in [0.4, 0.5) is 11.6 Å². The Balaban J connectivity index is 2.05. The number of fused-ring (bicyclic) bond motifs is 1. The molecule has 0 fully saturated rings. The van der Waals surface area contributed by atoms with Gasteiger partial charge in [0.25, 0.3) is 0 Å². The maximum Gasteiger partial charge on any atom is 0.214 e. The fraction of sp³-hybridized carbons (Fsp3) is 0.250. The fourth-order valence-corrected chi connectivity index (χ4v) is 3.09. The first kappa shape index (κ1) is 14.7. The van der Waals surface area contributed by atoms with E-state index in [9.17, 15) is 0 Å². The van der Waals surface area contributed by atoms with Gasteiger partial charge in [0.05, 0.1) is 11.8 Å². The number of ether oxygens (including phenoxy) is 1. The summed E-state index contributed by atoms with van der Waals surface area (Å²) in [5.74, 6) is 2.34. The van der Waals surface area contributed by atoms with Crippen LogP contribution in [0.5, 0.6) is 5.88 Å². The summed E-state index contributed by atoms with van der Waals surface area (Å²) in [6.07, 6.45) is 0.866. The monoisotopic (exact) mass is 314 g/mol. The van der Waals surface area contributed by atoms with E-state index in [0.717, 1.165) is 34.7 Å². The quantitative estimate of drug-likeness (QED) is 0.757. The molecule has 114 valence electrons. The van der Waals surface area contributed by atoms with Gasteiger partial charge in [-0.25, -0.2) is 0 Å². The highest BCUT2D eigenvalue weighted by Crippen LogP contribution is 2.33. The predicted octanol–water partition coefficient (Wildman–Crippen LogP) is 3.19. The van der Waals surface area contributed by atoms with Crippen molar-refractivity contribution in [3.05, 3.63) is 42.5 Å². The van der Waals surface area contributed by atoms with Gasteiger partial charge in [0, 0.05) is 18.0 Å². The topological polar surface area (TPSA) is 64.3 Å². The Morgan fingerprint density at radius 2 is 2.05 bits per heavy atom. The summed E-state index contributed by atoms with van der Waals surface area (Å²) in [4.78, 5) is 6.64. The standard InChI is InChI=1S/C16H18N4OS/c1-21-15-9-4-8-14(18-15)20(11-5-10-17)16-12-6-2-3-7-13(12)22-19-16/h2-4,6-9H,5,10-11,17H2,1H3. The summed E-state index contributed by atoms with van der Waals surface area (Å²) in [6, 6.07) is 14.0. The van der Waals surface area contributed by atoms with Crippen LogP contribution in [0.25, 0.3) is 10.1 Å². The van der Waals surface area contributed by atoms with E-state index >= 15 is 0 Å². The molecule has 6 heteroatoms. The van der Waals surface area contributed by atoms with Crippen molar-refractivity contribution in [3.8, 4) is 5.88 Å². The fourth-order valence-electron chi connectivity index (χ4n) is 2.31. The number of hydrogen-bond donors (Lipinski definition) is 1. The molecule has 0 spiro atoms. The Labute approximate surface area is 133 Å². The molecule has 0 aliphatic rings. The van der Waals surface area contributed by atoms with E-state index in [1.807, 2.05) is 30.3 Å². The molecule has 2 aromatic heterocycles. The lowest BCUT2D eigenvalue weighted by Gasteiger charge is -2.22. The third-order valence-corrected chi connectivity index (χ3v) is 4.21. The molecule has 0 atom stereocenters. The summed E-state index contributed by atoms with van der Waals surface area (Å²) in [7, 11) is 1.62. The van der Waals surface area contributed by atoms with Crippen molar-refractivity contribution in [1.82, 2.24) is 9.36 Å². The molecule has 0 aliphatic carbocycles. The average molecular weight is 314 g/mol. The lowest BCUT2D eigenvalue weighted by atomic mass is 10.2. The van der Waals surface area contributed by atoms with Gasteiger partial charge < -0.3 is 15.4 Å². The van der Waals surface area contributed by atoms with Crippen molar-refractivity contribution >= 4 is 33.3 Å². The zero-order valence-electron chi connectivity index (χ0n) is 12.4. The molecule has 22 heavy (non-hydrogen) atoms. The Bertz CT molecular complexity index is 758. The number of aromatic nitrogens is 2. The first-order valence-corrected chi connectivity index (χ1v) is 7.94. The highest BCUT2D eigenvalue weighted by atomic mass is 32.1. The number of methoxy groups -OCH3 is 1. The average Bonchev–Trinajstić information content (AvgIpc) is 3.00. The van der Waals surface area contributed by atoms with Crippen molar-refractivity contribution in [1.29, 1.82) is 0 Å². The van der Waals surface area contributed by atoms with E-state index in [4.69, 9.17) is 10.5 Å². The molecular formula is C16H18N4OS. The minimum absolute atomic E-state index is 0.592. The van der Waals surface area contributed by atoms with Gasteiger partial charge in [-0.3, -0.25) is 0 Å². The Morgan fingerprint density at radius 1 is 1.18 bits per heavy atom. The second-order valence-corrected chi connectivity index (χ2v) is 5.64. The van der Waals surface area contributed by atoms with Crippen LogP contribution in [0.15, 0.2) is 42.5 Å². The van der Waals surface area contributed by atoms with Gasteiger partial charge in [0.1, 0.15) is 5.82 Å². The number of benzene rings is 1. The van der Waals surface area contributed by atoms with Crippen LogP contribution in [0.3, 0.4) is 0 Å². The van der Waals surface area contributed by atoms with E-state index < -0.39 is 0 Å². The molecular weight excluding hydrogens is 296 g/mol. The van der Waals surface area contributed by atoms with E-state index in [-0.39, 0.29) is 0 Å². The van der Waals surface area contributed by atoms with Gasteiger partial charge >= 0.3 is 0 Å². The zero-order chi connectivity index (χ0) is 15.4. The number of nitrogens with two attached hydrogens (primary N) is 1. The van der Waals surface area contributed by atoms with Crippen molar-refractivity contribution in [2.24, 2.45) is 5.73 Å². The lowest BCUT2D eigenvalue weighted by molar-refractivity contribution is 0.398. The third kappa shape index (κ3) is 2.88. The minimum Gasteiger partial charge on any atom is -0.481 e. The number of rotatable bonds is 6. The van der Waals surface area contributed by atoms with Crippen molar-refractivity contribution in [3.63, 3.8) is 0 Å². The Hall–Kier alpha value is -2.18. The SMILES string of the molecule is COc1cccc(N(CCCN)c2nsc3ccccc23)n1. The van der Waals surface area contributed by atoms with E-state index in [1.165, 1.54) is 11.5 Å². The number of hydrogen-bond acceptors (Lipinski definition) is 6. The lowest BCUT2D eigenvalue weighted by Crippen LogP contribution is -2.22. The van der Waals surface area contributed by atoms with E-state index in [1.54, 1.807) is 7.11 Å². The highest BCUT2D eigenvalue weighted by molar-refractivity contribution is 7.13. The highest BCUT2D eigenvalue weighted by Gasteiger charge is 2.17. The summed E-state index contributed by atoms with van der Waals surface area (Å²) in [5, 5.41) is 1.13. The van der Waals surface area contributed by atoms with Crippen molar-refractivity contribution in [2.75, 3.05) is 25.1 Å². The molecule has 0 saturated heterocycles. The first-order chi connectivity index (χ1) is 10.8.